The molecule has 1 aliphatic rings. The minimum atomic E-state index is 0.267. The summed E-state index contributed by atoms with van der Waals surface area (Å²) in [5.41, 5.74) is 0.914. The fourth-order valence-electron chi connectivity index (χ4n) is 2.18. The van der Waals surface area contributed by atoms with E-state index in [-0.39, 0.29) is 5.92 Å². The van der Waals surface area contributed by atoms with Crippen molar-refractivity contribution in [1.29, 1.82) is 0 Å². The predicted octanol–water partition coefficient (Wildman–Crippen LogP) is 3.40. The van der Waals surface area contributed by atoms with E-state index in [0.29, 0.717) is 17.1 Å². The number of rotatable bonds is 4. The minimum Gasteiger partial charge on any atom is -0.381 e. The molecule has 106 valence electrons. The quantitative estimate of drug-likeness (QED) is 0.861. The summed E-state index contributed by atoms with van der Waals surface area (Å²) >= 11 is 6.19. The molecule has 0 aliphatic carbocycles. The Bertz CT molecular complexity index is 445. The first kappa shape index (κ1) is 14.5. The second-order valence-electron chi connectivity index (χ2n) is 5.56. The summed E-state index contributed by atoms with van der Waals surface area (Å²) in [4.78, 5) is 8.92. The smallest absolute Gasteiger partial charge is 0.137 e. The van der Waals surface area contributed by atoms with Gasteiger partial charge in [-0.05, 0) is 20.3 Å². The Hall–Kier alpha value is -0.870. The first-order valence-electron chi connectivity index (χ1n) is 6.87. The lowest BCUT2D eigenvalue weighted by molar-refractivity contribution is 0.183. The summed E-state index contributed by atoms with van der Waals surface area (Å²) in [6.07, 6.45) is 1.10. The van der Waals surface area contributed by atoms with Gasteiger partial charge in [0.1, 0.15) is 16.8 Å². The maximum atomic E-state index is 6.19. The molecule has 1 aromatic rings. The summed E-state index contributed by atoms with van der Waals surface area (Å²) in [7, 11) is 0. The molecule has 0 saturated carbocycles. The topological polar surface area (TPSA) is 47.0 Å². The zero-order valence-corrected chi connectivity index (χ0v) is 12.8. The number of hydrogen-bond donors (Lipinski definition) is 1. The van der Waals surface area contributed by atoms with E-state index in [1.807, 2.05) is 6.92 Å². The highest BCUT2D eigenvalue weighted by Crippen LogP contribution is 2.26. The van der Waals surface area contributed by atoms with Gasteiger partial charge in [-0.3, -0.25) is 0 Å². The van der Waals surface area contributed by atoms with Crippen LogP contribution in [0.2, 0.25) is 5.15 Å². The van der Waals surface area contributed by atoms with Crippen LogP contribution in [-0.2, 0) is 4.74 Å². The van der Waals surface area contributed by atoms with Gasteiger partial charge in [0, 0.05) is 30.0 Å². The lowest BCUT2D eigenvalue weighted by atomic mass is 10.0. The molecule has 5 heteroatoms. The van der Waals surface area contributed by atoms with E-state index >= 15 is 0 Å². The number of nitrogens with zero attached hydrogens (tertiary/aromatic N) is 2. The van der Waals surface area contributed by atoms with Crippen LogP contribution in [-0.4, -0.2) is 29.2 Å². The molecule has 0 bridgehead atoms. The first-order chi connectivity index (χ1) is 8.99. The maximum Gasteiger partial charge on any atom is 0.137 e. The summed E-state index contributed by atoms with van der Waals surface area (Å²) in [6.45, 7) is 9.94. The lowest BCUT2D eigenvalue weighted by Gasteiger charge is -2.22. The number of hydrogen-bond acceptors (Lipinski definition) is 4. The van der Waals surface area contributed by atoms with Crippen molar-refractivity contribution in [3.8, 4) is 0 Å². The zero-order chi connectivity index (χ0) is 14.0. The summed E-state index contributed by atoms with van der Waals surface area (Å²) < 4.78 is 5.43. The van der Waals surface area contributed by atoms with Crippen molar-refractivity contribution < 1.29 is 4.74 Å². The van der Waals surface area contributed by atoms with E-state index < -0.39 is 0 Å². The van der Waals surface area contributed by atoms with Gasteiger partial charge in [0.2, 0.25) is 0 Å². The van der Waals surface area contributed by atoms with Crippen LogP contribution in [0.5, 0.6) is 0 Å². The molecule has 2 rings (SSSR count). The molecule has 2 unspecified atom stereocenters. The van der Waals surface area contributed by atoms with Gasteiger partial charge in [-0.2, -0.15) is 0 Å². The van der Waals surface area contributed by atoms with Gasteiger partial charge in [0.25, 0.3) is 0 Å². The monoisotopic (exact) mass is 283 g/mol. The average Bonchev–Trinajstić information content (AvgIpc) is 2.88. The van der Waals surface area contributed by atoms with E-state index in [9.17, 15) is 0 Å². The van der Waals surface area contributed by atoms with Crippen molar-refractivity contribution in [2.24, 2.45) is 5.92 Å². The molecule has 0 amide bonds. The minimum absolute atomic E-state index is 0.267. The van der Waals surface area contributed by atoms with Crippen LogP contribution in [0.3, 0.4) is 0 Å². The van der Waals surface area contributed by atoms with E-state index in [2.05, 4.69) is 36.1 Å². The molecule has 2 atom stereocenters. The van der Waals surface area contributed by atoms with E-state index in [1.165, 1.54) is 0 Å². The fourth-order valence-corrected chi connectivity index (χ4v) is 2.36. The summed E-state index contributed by atoms with van der Waals surface area (Å²) in [5, 5.41) is 4.01. The molecule has 1 aromatic heterocycles. The maximum absolute atomic E-state index is 6.19. The molecule has 0 spiro atoms. The molecule has 1 aliphatic heterocycles. The largest absolute Gasteiger partial charge is 0.381 e. The van der Waals surface area contributed by atoms with Gasteiger partial charge in [-0.25, -0.2) is 9.97 Å². The van der Waals surface area contributed by atoms with Gasteiger partial charge in [-0.1, -0.05) is 25.4 Å². The van der Waals surface area contributed by atoms with Gasteiger partial charge in [-0.15, -0.1) is 0 Å². The second-order valence-corrected chi connectivity index (χ2v) is 5.92. The van der Waals surface area contributed by atoms with E-state index in [1.54, 1.807) is 0 Å². The van der Waals surface area contributed by atoms with Crippen LogP contribution in [0.1, 0.15) is 44.5 Å². The van der Waals surface area contributed by atoms with Gasteiger partial charge in [0.05, 0.1) is 6.61 Å². The average molecular weight is 284 g/mol. The predicted molar refractivity (Wildman–Crippen MR) is 77.9 cm³/mol. The molecule has 1 fully saturated rings. The number of ether oxygens (including phenoxy) is 1. The van der Waals surface area contributed by atoms with Crippen LogP contribution in [0.4, 0.5) is 5.82 Å². The zero-order valence-electron chi connectivity index (χ0n) is 12.0. The van der Waals surface area contributed by atoms with Gasteiger partial charge < -0.3 is 10.1 Å². The Morgan fingerprint density at radius 2 is 2.05 bits per heavy atom. The molecular weight excluding hydrogens is 262 g/mol. The highest BCUT2D eigenvalue weighted by molar-refractivity contribution is 6.30. The SMILES string of the molecule is Cc1c(Cl)nc(C(C)C)nc1NC(C)C1CCOC1. The Labute approximate surface area is 119 Å². The second kappa shape index (κ2) is 6.06. The van der Waals surface area contributed by atoms with Crippen molar-refractivity contribution in [3.63, 3.8) is 0 Å². The number of anilines is 1. The van der Waals surface area contributed by atoms with Crippen molar-refractivity contribution in [3.05, 3.63) is 16.5 Å². The van der Waals surface area contributed by atoms with E-state index in [0.717, 1.165) is 36.8 Å². The van der Waals surface area contributed by atoms with Crippen molar-refractivity contribution in [2.75, 3.05) is 18.5 Å². The van der Waals surface area contributed by atoms with Crippen molar-refractivity contribution in [2.45, 2.75) is 46.1 Å². The Morgan fingerprint density at radius 1 is 1.32 bits per heavy atom. The van der Waals surface area contributed by atoms with Crippen LogP contribution in [0, 0.1) is 12.8 Å². The molecule has 0 radical (unpaired) electrons. The summed E-state index contributed by atoms with van der Waals surface area (Å²) in [5.74, 6) is 2.44. The molecular formula is C14H22ClN3O. The van der Waals surface area contributed by atoms with Gasteiger partial charge in [0.15, 0.2) is 0 Å². The molecule has 1 N–H and O–H groups in total. The third kappa shape index (κ3) is 3.37. The van der Waals surface area contributed by atoms with Gasteiger partial charge >= 0.3 is 0 Å². The van der Waals surface area contributed by atoms with Crippen LogP contribution < -0.4 is 5.32 Å². The lowest BCUT2D eigenvalue weighted by Crippen LogP contribution is -2.27. The molecule has 0 aromatic carbocycles. The summed E-state index contributed by atoms with van der Waals surface area (Å²) in [6, 6.07) is 0.326. The molecule has 2 heterocycles. The number of nitrogens with one attached hydrogen (secondary N) is 1. The van der Waals surface area contributed by atoms with Crippen LogP contribution in [0.15, 0.2) is 0 Å². The Kier molecular flexibility index (Phi) is 4.63. The molecule has 1 saturated heterocycles. The van der Waals surface area contributed by atoms with Crippen molar-refractivity contribution >= 4 is 17.4 Å². The van der Waals surface area contributed by atoms with Crippen LogP contribution in [0.25, 0.3) is 0 Å². The molecule has 19 heavy (non-hydrogen) atoms. The third-order valence-corrected chi connectivity index (χ3v) is 4.02. The first-order valence-corrected chi connectivity index (χ1v) is 7.25. The highest BCUT2D eigenvalue weighted by atomic mass is 35.5. The Morgan fingerprint density at radius 3 is 2.63 bits per heavy atom. The standard InChI is InChI=1S/C14H22ClN3O/c1-8(2)13-17-12(15)9(3)14(18-13)16-10(4)11-5-6-19-7-11/h8,10-11H,5-7H2,1-4H3,(H,16,17,18). The van der Waals surface area contributed by atoms with Crippen LogP contribution >= 0.6 is 11.6 Å². The third-order valence-electron chi connectivity index (χ3n) is 3.66. The Balaban J connectivity index is 2.18. The highest BCUT2D eigenvalue weighted by Gasteiger charge is 2.23. The molecule has 4 nitrogen and oxygen atoms in total. The number of halogens is 1. The van der Waals surface area contributed by atoms with E-state index in [4.69, 9.17) is 16.3 Å². The fraction of sp³-hybridized carbons (Fsp3) is 0.714. The normalized spacial score (nSPS) is 20.8. The van der Waals surface area contributed by atoms with Crippen molar-refractivity contribution in [1.82, 2.24) is 9.97 Å². The number of aromatic nitrogens is 2.